The summed E-state index contributed by atoms with van der Waals surface area (Å²) in [5, 5.41) is 0. The van der Waals surface area contributed by atoms with E-state index >= 15 is 0 Å². The van der Waals surface area contributed by atoms with Crippen LogP contribution in [0.5, 0.6) is 0 Å². The van der Waals surface area contributed by atoms with Crippen molar-refractivity contribution in [3.05, 3.63) is 209 Å². The maximum atomic E-state index is 2.46. The molecule has 0 fully saturated rings. The van der Waals surface area contributed by atoms with E-state index < -0.39 is 23.2 Å². The Morgan fingerprint density at radius 2 is 1.07 bits per heavy atom. The molecule has 0 aliphatic heterocycles. The Morgan fingerprint density at radius 3 is 1.69 bits per heavy atom. The van der Waals surface area contributed by atoms with Gasteiger partial charge < -0.3 is 0 Å². The average Bonchev–Trinajstić information content (AvgIpc) is 3.44. The van der Waals surface area contributed by atoms with Crippen molar-refractivity contribution in [2.24, 2.45) is 0 Å². The molecule has 6 aromatic carbocycles. The second kappa shape index (κ2) is 13.6. The Bertz CT molecular complexity index is 1990. The van der Waals surface area contributed by atoms with Crippen LogP contribution in [-0.2, 0) is 23.2 Å². The van der Waals surface area contributed by atoms with E-state index in [2.05, 4.69) is 189 Å². The van der Waals surface area contributed by atoms with Crippen LogP contribution in [0.25, 0.3) is 37.7 Å². The Morgan fingerprint density at radius 1 is 0.533 bits per heavy atom. The van der Waals surface area contributed by atoms with Gasteiger partial charge in [-0.3, -0.25) is 0 Å². The zero-order valence-corrected chi connectivity index (χ0v) is 27.9. The van der Waals surface area contributed by atoms with Crippen LogP contribution in [0, 0.1) is 0 Å². The number of fused-ring (bicyclic) bond motifs is 1. The topological polar surface area (TPSA) is 0 Å². The second-order valence-electron chi connectivity index (χ2n) is 11.5. The van der Waals surface area contributed by atoms with E-state index in [0.717, 1.165) is 0 Å². The number of allylic oxidation sites excluding steroid dienone is 3. The molecule has 1 aliphatic carbocycles. The van der Waals surface area contributed by atoms with Crippen LogP contribution < -0.4 is 0 Å². The predicted octanol–water partition coefficient (Wildman–Crippen LogP) is 11.7. The number of hydrogen-bond acceptors (Lipinski definition) is 0. The van der Waals surface area contributed by atoms with Crippen LogP contribution in [-0.4, -0.2) is 0 Å². The van der Waals surface area contributed by atoms with Gasteiger partial charge in [-0.25, -0.2) is 0 Å². The SMILES string of the molecule is CC1=Cc2c(-c3ccccc3)cccc2[CH]1[Zr]/[C](=C(/C(=C\c1ccccc1)c1ccccc1)c1ccccc1)c1ccccc1. The molecule has 0 N–H and O–H groups in total. The molecule has 0 heterocycles. The zero-order chi connectivity index (χ0) is 30.4. The van der Waals surface area contributed by atoms with Crippen molar-refractivity contribution in [2.75, 3.05) is 0 Å². The molecule has 0 saturated heterocycles. The quantitative estimate of drug-likeness (QED) is 0.113. The van der Waals surface area contributed by atoms with E-state index in [1.807, 2.05) is 0 Å². The van der Waals surface area contributed by atoms with E-state index in [4.69, 9.17) is 0 Å². The summed E-state index contributed by atoms with van der Waals surface area (Å²) in [5.41, 5.74) is 14.6. The van der Waals surface area contributed by atoms with Crippen molar-refractivity contribution in [3.8, 4) is 11.1 Å². The molecular weight excluding hydrogens is 620 g/mol. The molecule has 1 aliphatic rings. The summed E-state index contributed by atoms with van der Waals surface area (Å²) in [6.07, 6.45) is 4.85. The maximum absolute atomic E-state index is 2.46. The van der Waals surface area contributed by atoms with Gasteiger partial charge in [0.1, 0.15) is 0 Å². The van der Waals surface area contributed by atoms with Crippen molar-refractivity contribution in [2.45, 2.75) is 10.5 Å². The van der Waals surface area contributed by atoms with Crippen LogP contribution in [0.15, 0.2) is 175 Å². The monoisotopic (exact) mass is 652 g/mol. The van der Waals surface area contributed by atoms with Crippen LogP contribution >= 0.6 is 0 Å². The molecule has 0 amide bonds. The first-order chi connectivity index (χ1) is 22.3. The molecule has 214 valence electrons. The minimum absolute atomic E-state index is 0.440. The molecule has 1 atom stereocenters. The van der Waals surface area contributed by atoms with Crippen LogP contribution in [0.4, 0.5) is 0 Å². The molecule has 0 aromatic heterocycles. The van der Waals surface area contributed by atoms with Crippen molar-refractivity contribution >= 4 is 26.6 Å². The normalized spacial score (nSPS) is 14.7. The fraction of sp³-hybridized carbons (Fsp3) is 0.0455. The second-order valence-corrected chi connectivity index (χ2v) is 14.8. The Balaban J connectivity index is 1.47. The van der Waals surface area contributed by atoms with Crippen LogP contribution in [0.3, 0.4) is 0 Å². The van der Waals surface area contributed by atoms with Gasteiger partial charge in [-0.1, -0.05) is 0 Å². The molecule has 6 aromatic rings. The fourth-order valence-corrected chi connectivity index (χ4v) is 10.7. The third kappa shape index (κ3) is 6.33. The molecular formula is C44H34Zr. The zero-order valence-electron chi connectivity index (χ0n) is 25.4. The van der Waals surface area contributed by atoms with E-state index in [9.17, 15) is 0 Å². The summed E-state index contributed by atoms with van der Waals surface area (Å²) in [4.78, 5) is 0. The number of hydrogen-bond donors (Lipinski definition) is 0. The molecule has 0 bridgehead atoms. The Hall–Kier alpha value is -4.58. The third-order valence-electron chi connectivity index (χ3n) is 8.49. The number of benzene rings is 6. The molecule has 0 saturated carbocycles. The van der Waals surface area contributed by atoms with E-state index in [-0.39, 0.29) is 0 Å². The van der Waals surface area contributed by atoms with Gasteiger partial charge in [0.2, 0.25) is 0 Å². The van der Waals surface area contributed by atoms with Gasteiger partial charge in [-0.05, 0) is 0 Å². The molecule has 45 heavy (non-hydrogen) atoms. The molecule has 1 unspecified atom stereocenters. The van der Waals surface area contributed by atoms with Gasteiger partial charge in [0.05, 0.1) is 0 Å². The third-order valence-corrected chi connectivity index (χ3v) is 13.1. The van der Waals surface area contributed by atoms with Crippen molar-refractivity contribution in [1.29, 1.82) is 0 Å². The van der Waals surface area contributed by atoms with E-state index in [1.165, 1.54) is 64.5 Å². The van der Waals surface area contributed by atoms with Crippen LogP contribution in [0.2, 0.25) is 0 Å². The van der Waals surface area contributed by atoms with Crippen molar-refractivity contribution in [3.63, 3.8) is 0 Å². The van der Waals surface area contributed by atoms with E-state index in [0.29, 0.717) is 3.63 Å². The summed E-state index contributed by atoms with van der Waals surface area (Å²) in [6, 6.07) is 61.7. The van der Waals surface area contributed by atoms with Gasteiger partial charge in [0.25, 0.3) is 0 Å². The van der Waals surface area contributed by atoms with Crippen LogP contribution in [0.1, 0.15) is 43.9 Å². The minimum atomic E-state index is -1.31. The van der Waals surface area contributed by atoms with Gasteiger partial charge in [-0.2, -0.15) is 0 Å². The first-order valence-corrected chi connectivity index (χ1v) is 18.2. The van der Waals surface area contributed by atoms with Crippen molar-refractivity contribution in [1.82, 2.24) is 0 Å². The summed E-state index contributed by atoms with van der Waals surface area (Å²) in [5.74, 6) is 0. The molecule has 0 radical (unpaired) electrons. The molecule has 7 rings (SSSR count). The summed E-state index contributed by atoms with van der Waals surface area (Å²) in [7, 11) is 0. The summed E-state index contributed by atoms with van der Waals surface area (Å²) < 4.78 is 1.96. The van der Waals surface area contributed by atoms with E-state index in [1.54, 1.807) is 0 Å². The Labute approximate surface area is 278 Å². The predicted molar refractivity (Wildman–Crippen MR) is 189 cm³/mol. The standard InChI is InChI=1S/C28H21.C16H13.Zr/c1-5-13-23(14-6-1)21-27(25-17-9-3-10-18-25)28(26-19-11-4-12-20-26)22-24-15-7-2-8-16-24;1-12-10-14-8-5-9-15(16(14)11-12)13-6-3-2-4-7-13;/h1-21H;2-11H,1H3;/b27-21-,28-22?;;. The molecule has 0 spiro atoms. The molecule has 0 nitrogen and oxygen atoms in total. The first kappa shape index (κ1) is 29.2. The van der Waals surface area contributed by atoms with Gasteiger partial charge in [0.15, 0.2) is 0 Å². The Kier molecular flexibility index (Phi) is 8.81. The van der Waals surface area contributed by atoms with Gasteiger partial charge in [0, 0.05) is 0 Å². The average molecular weight is 654 g/mol. The fourth-order valence-electron chi connectivity index (χ4n) is 6.33. The van der Waals surface area contributed by atoms with Gasteiger partial charge >= 0.3 is 280 Å². The summed E-state index contributed by atoms with van der Waals surface area (Å²) >= 11 is -1.31. The summed E-state index contributed by atoms with van der Waals surface area (Å²) in [6.45, 7) is 2.35. The first-order valence-electron chi connectivity index (χ1n) is 15.6. The molecule has 1 heteroatoms. The number of rotatable bonds is 8. The van der Waals surface area contributed by atoms with Gasteiger partial charge in [-0.15, -0.1) is 0 Å². The van der Waals surface area contributed by atoms with Crippen molar-refractivity contribution < 1.29 is 23.2 Å².